The lowest BCUT2D eigenvalue weighted by atomic mass is 10.0. The minimum absolute atomic E-state index is 0.0118. The average molecular weight is 473 g/mol. The van der Waals surface area contributed by atoms with Gasteiger partial charge in [0.2, 0.25) is 11.9 Å². The highest BCUT2D eigenvalue weighted by Crippen LogP contribution is 2.23. The Hall–Kier alpha value is -4.27. The van der Waals surface area contributed by atoms with E-state index in [4.69, 9.17) is 5.11 Å². The normalized spacial score (nSPS) is 11.9. The van der Waals surface area contributed by atoms with Crippen molar-refractivity contribution in [2.75, 3.05) is 16.8 Å². The third-order valence-electron chi connectivity index (χ3n) is 5.88. The predicted molar refractivity (Wildman–Crippen MR) is 135 cm³/mol. The number of rotatable bonds is 9. The highest BCUT2D eigenvalue weighted by Gasteiger charge is 2.17. The van der Waals surface area contributed by atoms with Crippen LogP contribution in [0.25, 0.3) is 11.0 Å². The van der Waals surface area contributed by atoms with Crippen molar-refractivity contribution >= 4 is 40.2 Å². The molecule has 1 unspecified atom stereocenters. The molecule has 0 fully saturated rings. The molecule has 0 aliphatic rings. The average Bonchev–Trinajstić information content (AvgIpc) is 3.22. The standard InChI is InChI=1S/C26H28N6O3/c1-4-32(19-6-8-20(28-14-19)17(3)11-25(34)35)24(33)13-18-5-7-21-22(12-18)30-26(29-21)31-23-15-27-10-9-16(23)2/h5-10,12,14-15,17H,4,11,13H2,1-3H3,(H,34,35)(H2,29,30,31). The van der Waals surface area contributed by atoms with Crippen molar-refractivity contribution < 1.29 is 14.7 Å². The summed E-state index contributed by atoms with van der Waals surface area (Å²) in [5.74, 6) is -0.505. The number of carbonyl (C=O) groups is 2. The molecule has 180 valence electrons. The largest absolute Gasteiger partial charge is 0.481 e. The molecule has 1 aromatic carbocycles. The van der Waals surface area contributed by atoms with Gasteiger partial charge in [-0.05, 0) is 55.3 Å². The highest BCUT2D eigenvalue weighted by molar-refractivity contribution is 5.95. The topological polar surface area (TPSA) is 124 Å². The summed E-state index contributed by atoms with van der Waals surface area (Å²) in [7, 11) is 0. The van der Waals surface area contributed by atoms with E-state index in [1.54, 1.807) is 29.6 Å². The summed E-state index contributed by atoms with van der Waals surface area (Å²) in [6, 6.07) is 11.3. The van der Waals surface area contributed by atoms with Crippen molar-refractivity contribution in [1.29, 1.82) is 0 Å². The smallest absolute Gasteiger partial charge is 0.304 e. The van der Waals surface area contributed by atoms with Crippen molar-refractivity contribution in [3.8, 4) is 0 Å². The second kappa shape index (κ2) is 10.3. The zero-order valence-corrected chi connectivity index (χ0v) is 19.9. The van der Waals surface area contributed by atoms with Gasteiger partial charge in [-0.15, -0.1) is 0 Å². The number of H-pyrrole nitrogens is 1. The minimum Gasteiger partial charge on any atom is -0.481 e. The SMILES string of the molecule is CCN(C(=O)Cc1ccc2nc(Nc3cnccc3C)[nH]c2c1)c1ccc(C(C)CC(=O)O)nc1. The molecule has 4 rings (SSSR count). The number of likely N-dealkylation sites (N-methyl/N-ethyl adjacent to an activating group) is 1. The van der Waals surface area contributed by atoms with Crippen LogP contribution in [0.1, 0.15) is 43.0 Å². The zero-order chi connectivity index (χ0) is 24.9. The molecule has 9 heteroatoms. The second-order valence-electron chi connectivity index (χ2n) is 8.51. The number of benzene rings is 1. The number of nitrogens with one attached hydrogen (secondary N) is 2. The van der Waals surface area contributed by atoms with Gasteiger partial charge in [0.05, 0.1) is 47.6 Å². The van der Waals surface area contributed by atoms with E-state index in [9.17, 15) is 9.59 Å². The number of anilines is 3. The Morgan fingerprint density at radius 2 is 2.00 bits per heavy atom. The van der Waals surface area contributed by atoms with Gasteiger partial charge in [0.25, 0.3) is 0 Å². The van der Waals surface area contributed by atoms with Crippen molar-refractivity contribution in [3.05, 3.63) is 71.8 Å². The quantitative estimate of drug-likeness (QED) is 0.326. The van der Waals surface area contributed by atoms with Crippen LogP contribution in [-0.2, 0) is 16.0 Å². The van der Waals surface area contributed by atoms with E-state index in [0.29, 0.717) is 23.9 Å². The molecule has 0 aliphatic carbocycles. The number of nitrogens with zero attached hydrogens (tertiary/aromatic N) is 4. The lowest BCUT2D eigenvalue weighted by Gasteiger charge is -2.21. The van der Waals surface area contributed by atoms with Crippen molar-refractivity contribution in [2.45, 2.75) is 39.5 Å². The number of aromatic nitrogens is 4. The van der Waals surface area contributed by atoms with Crippen molar-refractivity contribution in [3.63, 3.8) is 0 Å². The number of carboxylic acid groups (broad SMARTS) is 1. The molecule has 0 saturated carbocycles. The Morgan fingerprint density at radius 3 is 2.69 bits per heavy atom. The van der Waals surface area contributed by atoms with Gasteiger partial charge < -0.3 is 20.3 Å². The van der Waals surface area contributed by atoms with Gasteiger partial charge in [-0.25, -0.2) is 4.98 Å². The molecule has 0 spiro atoms. The Balaban J connectivity index is 1.47. The van der Waals surface area contributed by atoms with Gasteiger partial charge in [-0.1, -0.05) is 13.0 Å². The monoisotopic (exact) mass is 472 g/mol. The fourth-order valence-corrected chi connectivity index (χ4v) is 3.94. The molecule has 1 atom stereocenters. The number of hydrogen-bond donors (Lipinski definition) is 3. The van der Waals surface area contributed by atoms with Crippen LogP contribution in [0.2, 0.25) is 0 Å². The van der Waals surface area contributed by atoms with Gasteiger partial charge >= 0.3 is 5.97 Å². The van der Waals surface area contributed by atoms with E-state index in [-0.39, 0.29) is 24.7 Å². The van der Waals surface area contributed by atoms with Gasteiger partial charge in [0, 0.05) is 24.4 Å². The molecule has 0 aliphatic heterocycles. The third kappa shape index (κ3) is 5.63. The van der Waals surface area contributed by atoms with E-state index >= 15 is 0 Å². The number of imidazole rings is 1. The zero-order valence-electron chi connectivity index (χ0n) is 19.9. The number of carbonyl (C=O) groups excluding carboxylic acids is 1. The van der Waals surface area contributed by atoms with Crippen LogP contribution < -0.4 is 10.2 Å². The Bertz CT molecular complexity index is 1350. The fourth-order valence-electron chi connectivity index (χ4n) is 3.94. The first kappa shape index (κ1) is 23.9. The summed E-state index contributed by atoms with van der Waals surface area (Å²) < 4.78 is 0. The maximum Gasteiger partial charge on any atom is 0.304 e. The summed E-state index contributed by atoms with van der Waals surface area (Å²) >= 11 is 0. The van der Waals surface area contributed by atoms with Crippen molar-refractivity contribution in [2.24, 2.45) is 0 Å². The summed E-state index contributed by atoms with van der Waals surface area (Å²) in [6.07, 6.45) is 5.36. The van der Waals surface area contributed by atoms with E-state index in [1.165, 1.54) is 0 Å². The Labute approximate surface area is 203 Å². The Kier molecular flexibility index (Phi) is 7.05. The van der Waals surface area contributed by atoms with Gasteiger partial charge in [-0.3, -0.25) is 19.6 Å². The molecule has 1 amide bonds. The molecule has 4 aromatic rings. The lowest BCUT2D eigenvalue weighted by Crippen LogP contribution is -2.32. The Morgan fingerprint density at radius 1 is 1.17 bits per heavy atom. The summed E-state index contributed by atoms with van der Waals surface area (Å²) in [6.45, 7) is 6.23. The molecule has 0 radical (unpaired) electrons. The summed E-state index contributed by atoms with van der Waals surface area (Å²) in [5, 5.41) is 12.2. The number of pyridine rings is 2. The summed E-state index contributed by atoms with van der Waals surface area (Å²) in [4.78, 5) is 42.1. The van der Waals surface area contributed by atoms with Gasteiger partial charge in [0.1, 0.15) is 0 Å². The molecular weight excluding hydrogens is 444 g/mol. The second-order valence-corrected chi connectivity index (χ2v) is 8.51. The molecule has 0 saturated heterocycles. The number of aromatic amines is 1. The first-order valence-corrected chi connectivity index (χ1v) is 11.5. The number of aliphatic carboxylic acids is 1. The molecule has 3 aromatic heterocycles. The molecule has 35 heavy (non-hydrogen) atoms. The number of amides is 1. The van der Waals surface area contributed by atoms with E-state index in [0.717, 1.165) is 27.8 Å². The predicted octanol–water partition coefficient (Wildman–Crippen LogP) is 4.58. The maximum atomic E-state index is 13.1. The van der Waals surface area contributed by atoms with Crippen LogP contribution in [0.5, 0.6) is 0 Å². The van der Waals surface area contributed by atoms with Gasteiger partial charge in [0.15, 0.2) is 0 Å². The minimum atomic E-state index is -0.863. The van der Waals surface area contributed by atoms with Crippen LogP contribution in [0, 0.1) is 6.92 Å². The highest BCUT2D eigenvalue weighted by atomic mass is 16.4. The molecule has 3 N–H and O–H groups in total. The number of hydrogen-bond acceptors (Lipinski definition) is 6. The molecule has 3 heterocycles. The number of carboxylic acids is 1. The van der Waals surface area contributed by atoms with Crippen molar-refractivity contribution in [1.82, 2.24) is 19.9 Å². The first-order chi connectivity index (χ1) is 16.8. The fraction of sp³-hybridized carbons (Fsp3) is 0.269. The molecule has 0 bridgehead atoms. The van der Waals surface area contributed by atoms with Crippen LogP contribution >= 0.6 is 0 Å². The number of fused-ring (bicyclic) bond motifs is 1. The maximum absolute atomic E-state index is 13.1. The lowest BCUT2D eigenvalue weighted by molar-refractivity contribution is -0.137. The van der Waals surface area contributed by atoms with E-state index in [1.807, 2.05) is 51.1 Å². The molecule has 9 nitrogen and oxygen atoms in total. The first-order valence-electron chi connectivity index (χ1n) is 11.5. The third-order valence-corrected chi connectivity index (χ3v) is 5.88. The summed E-state index contributed by atoms with van der Waals surface area (Å²) in [5.41, 5.74) is 5.81. The van der Waals surface area contributed by atoms with Crippen LogP contribution in [-0.4, -0.2) is 43.5 Å². The van der Waals surface area contributed by atoms with Gasteiger partial charge in [-0.2, -0.15) is 0 Å². The molecular formula is C26H28N6O3. The number of aryl methyl sites for hydroxylation is 1. The van der Waals surface area contributed by atoms with Crippen LogP contribution in [0.4, 0.5) is 17.3 Å². The van der Waals surface area contributed by atoms with E-state index < -0.39 is 5.97 Å². The van der Waals surface area contributed by atoms with Crippen LogP contribution in [0.15, 0.2) is 55.0 Å². The van der Waals surface area contributed by atoms with E-state index in [2.05, 4.69) is 25.3 Å². The van der Waals surface area contributed by atoms with Crippen LogP contribution in [0.3, 0.4) is 0 Å².